The number of carbonyl (C=O) groups excluding carboxylic acids is 2. The van der Waals surface area contributed by atoms with Gasteiger partial charge in [-0.1, -0.05) is 34.9 Å². The molecule has 1 heterocycles. The first-order chi connectivity index (χ1) is 13.6. The summed E-state index contributed by atoms with van der Waals surface area (Å²) >= 11 is 0. The lowest BCUT2D eigenvalue weighted by Crippen LogP contribution is -2.35. The normalized spacial score (nSPS) is 22.8. The zero-order valence-corrected chi connectivity index (χ0v) is 18.6. The van der Waals surface area contributed by atoms with Crippen molar-refractivity contribution >= 4 is 11.8 Å². The molecular formula is C25H34O4. The molecule has 1 aliphatic heterocycles. The molecule has 0 bridgehead atoms. The molecule has 0 aromatic carbocycles. The lowest BCUT2D eigenvalue weighted by atomic mass is 9.68. The maximum atomic E-state index is 12.9. The van der Waals surface area contributed by atoms with Gasteiger partial charge in [0.05, 0.1) is 5.41 Å². The zero-order valence-electron chi connectivity index (χ0n) is 18.6. The minimum atomic E-state index is -0.838. The van der Waals surface area contributed by atoms with Gasteiger partial charge in [0.2, 0.25) is 0 Å². The van der Waals surface area contributed by atoms with E-state index in [0.29, 0.717) is 12.0 Å². The highest BCUT2D eigenvalue weighted by Gasteiger charge is 2.48. The van der Waals surface area contributed by atoms with Crippen LogP contribution in [0.5, 0.6) is 0 Å². The Labute approximate surface area is 174 Å². The van der Waals surface area contributed by atoms with Crippen molar-refractivity contribution in [3.63, 3.8) is 0 Å². The monoisotopic (exact) mass is 398 g/mol. The molecule has 1 atom stereocenters. The molecule has 0 fully saturated rings. The number of hydrogen-bond acceptors (Lipinski definition) is 4. The van der Waals surface area contributed by atoms with E-state index in [1.54, 1.807) is 6.92 Å². The van der Waals surface area contributed by atoms with Crippen LogP contribution < -0.4 is 0 Å². The van der Waals surface area contributed by atoms with Crippen LogP contribution in [-0.2, 0) is 14.3 Å². The van der Waals surface area contributed by atoms with Crippen LogP contribution in [0.3, 0.4) is 0 Å². The minimum Gasteiger partial charge on any atom is -0.507 e. The molecule has 0 spiro atoms. The van der Waals surface area contributed by atoms with Gasteiger partial charge in [-0.05, 0) is 79.2 Å². The van der Waals surface area contributed by atoms with Crippen LogP contribution in [-0.4, -0.2) is 23.5 Å². The van der Waals surface area contributed by atoms with Gasteiger partial charge in [-0.25, -0.2) is 4.79 Å². The fourth-order valence-corrected chi connectivity index (χ4v) is 3.86. The third-order valence-electron chi connectivity index (χ3n) is 5.93. The molecule has 0 unspecified atom stereocenters. The Morgan fingerprint density at radius 3 is 2.24 bits per heavy atom. The Bertz CT molecular complexity index is 844. The summed E-state index contributed by atoms with van der Waals surface area (Å²) in [5.41, 5.74) is 4.17. The van der Waals surface area contributed by atoms with E-state index in [-0.39, 0.29) is 29.3 Å². The molecule has 4 nitrogen and oxygen atoms in total. The third kappa shape index (κ3) is 5.17. The maximum Gasteiger partial charge on any atom is 0.342 e. The Morgan fingerprint density at radius 1 is 1.03 bits per heavy atom. The van der Waals surface area contributed by atoms with Crippen molar-refractivity contribution in [3.05, 3.63) is 57.4 Å². The quantitative estimate of drug-likeness (QED) is 0.398. The van der Waals surface area contributed by atoms with Crippen LogP contribution in [0.4, 0.5) is 0 Å². The summed E-state index contributed by atoms with van der Waals surface area (Å²) in [6.07, 6.45) is 11.2. The predicted octanol–water partition coefficient (Wildman–Crippen LogP) is 6.07. The van der Waals surface area contributed by atoms with Gasteiger partial charge >= 0.3 is 5.97 Å². The van der Waals surface area contributed by atoms with Gasteiger partial charge in [-0.2, -0.15) is 0 Å². The van der Waals surface area contributed by atoms with Crippen LogP contribution in [0, 0.1) is 5.41 Å². The number of ether oxygens (including phenoxy) is 1. The molecule has 0 saturated carbocycles. The smallest absolute Gasteiger partial charge is 0.342 e. The van der Waals surface area contributed by atoms with Crippen molar-refractivity contribution < 1.29 is 19.4 Å². The summed E-state index contributed by atoms with van der Waals surface area (Å²) < 4.78 is 5.12. The van der Waals surface area contributed by atoms with Crippen molar-refractivity contribution in [2.75, 3.05) is 6.61 Å². The van der Waals surface area contributed by atoms with E-state index in [4.69, 9.17) is 4.74 Å². The average molecular weight is 399 g/mol. The molecule has 1 aliphatic carbocycles. The minimum absolute atomic E-state index is 0.0776. The Kier molecular flexibility index (Phi) is 7.45. The predicted molar refractivity (Wildman–Crippen MR) is 116 cm³/mol. The van der Waals surface area contributed by atoms with Gasteiger partial charge in [0.1, 0.15) is 17.9 Å². The van der Waals surface area contributed by atoms with Crippen molar-refractivity contribution in [1.82, 2.24) is 0 Å². The zero-order chi connectivity index (χ0) is 21.8. The molecule has 158 valence electrons. The van der Waals surface area contributed by atoms with E-state index in [1.165, 1.54) is 16.7 Å². The number of ketones is 1. The van der Waals surface area contributed by atoms with Gasteiger partial charge in [-0.3, -0.25) is 4.79 Å². The highest BCUT2D eigenvalue weighted by molar-refractivity contribution is 6.10. The van der Waals surface area contributed by atoms with E-state index in [9.17, 15) is 14.7 Å². The highest BCUT2D eigenvalue weighted by atomic mass is 16.5. The second-order valence-electron chi connectivity index (χ2n) is 8.73. The Hall–Kier alpha value is -2.36. The first-order valence-electron chi connectivity index (χ1n) is 10.4. The standard InChI is InChI=1S/C25H34O4/c1-16(2)9-7-10-17(3)11-8-12-18(4)13-14-25(6)20-15-29-24(28)21(20)22(26)19(5)23(25)27/h9,11,13,26H,7-8,10,12,14-15H2,1-6H3/b17-11?,18-13+/t25-/m1/s1. The average Bonchev–Trinajstić information content (AvgIpc) is 3.05. The van der Waals surface area contributed by atoms with Crippen LogP contribution in [0.15, 0.2) is 57.4 Å². The number of Topliss-reactive ketones (excluding diaryl/α,β-unsaturated/α-hetero) is 1. The summed E-state index contributed by atoms with van der Waals surface area (Å²) in [7, 11) is 0. The van der Waals surface area contributed by atoms with Gasteiger partial charge in [0.15, 0.2) is 5.78 Å². The second kappa shape index (κ2) is 9.43. The molecular weight excluding hydrogens is 364 g/mol. The van der Waals surface area contributed by atoms with Crippen molar-refractivity contribution in [1.29, 1.82) is 0 Å². The summed E-state index contributed by atoms with van der Waals surface area (Å²) in [5.74, 6) is -0.893. The first kappa shape index (κ1) is 22.9. The number of hydrogen-bond donors (Lipinski definition) is 1. The molecule has 0 aromatic rings. The van der Waals surface area contributed by atoms with Crippen LogP contribution >= 0.6 is 0 Å². The van der Waals surface area contributed by atoms with Crippen LogP contribution in [0.2, 0.25) is 0 Å². The van der Waals surface area contributed by atoms with Crippen molar-refractivity contribution in [2.45, 2.75) is 73.6 Å². The lowest BCUT2D eigenvalue weighted by Gasteiger charge is -2.32. The Morgan fingerprint density at radius 2 is 1.62 bits per heavy atom. The molecule has 0 amide bonds. The summed E-state index contributed by atoms with van der Waals surface area (Å²) in [4.78, 5) is 24.9. The summed E-state index contributed by atoms with van der Waals surface area (Å²) in [5, 5.41) is 10.2. The molecule has 4 heteroatoms. The molecule has 0 aromatic heterocycles. The fraction of sp³-hybridized carbons (Fsp3) is 0.520. The lowest BCUT2D eigenvalue weighted by molar-refractivity contribution is -0.136. The van der Waals surface area contributed by atoms with Crippen molar-refractivity contribution in [2.24, 2.45) is 5.41 Å². The van der Waals surface area contributed by atoms with Crippen LogP contribution in [0.1, 0.15) is 73.6 Å². The Balaban J connectivity index is 2.03. The number of allylic oxidation sites excluding steroid dienone is 7. The highest BCUT2D eigenvalue weighted by Crippen LogP contribution is 2.45. The molecule has 0 saturated heterocycles. The summed E-state index contributed by atoms with van der Waals surface area (Å²) in [6.45, 7) is 12.0. The van der Waals surface area contributed by atoms with Gasteiger partial charge in [0.25, 0.3) is 0 Å². The van der Waals surface area contributed by atoms with E-state index >= 15 is 0 Å². The van der Waals surface area contributed by atoms with E-state index in [2.05, 4.69) is 45.9 Å². The van der Waals surface area contributed by atoms with E-state index in [1.807, 2.05) is 6.92 Å². The molecule has 0 radical (unpaired) electrons. The SMILES string of the molecule is CC(C)=CCCC(C)=CCC/C(C)=C/C[C@@]1(C)C(=O)C(C)=C(O)C2=C1COC2=O. The molecule has 2 aliphatic rings. The van der Waals surface area contributed by atoms with Crippen LogP contribution in [0.25, 0.3) is 0 Å². The topological polar surface area (TPSA) is 63.6 Å². The first-order valence-corrected chi connectivity index (χ1v) is 10.4. The van der Waals surface area contributed by atoms with Crippen molar-refractivity contribution in [3.8, 4) is 0 Å². The summed E-state index contributed by atoms with van der Waals surface area (Å²) in [6, 6.07) is 0. The molecule has 29 heavy (non-hydrogen) atoms. The number of aliphatic hydroxyl groups is 1. The number of cyclic esters (lactones) is 1. The number of rotatable bonds is 8. The van der Waals surface area contributed by atoms with Gasteiger partial charge in [0, 0.05) is 5.57 Å². The largest absolute Gasteiger partial charge is 0.507 e. The molecule has 2 rings (SSSR count). The van der Waals surface area contributed by atoms with E-state index in [0.717, 1.165) is 25.7 Å². The maximum absolute atomic E-state index is 12.9. The van der Waals surface area contributed by atoms with Gasteiger partial charge < -0.3 is 9.84 Å². The third-order valence-corrected chi connectivity index (χ3v) is 5.93. The number of aliphatic hydroxyl groups excluding tert-OH is 1. The molecule has 1 N–H and O–H groups in total. The number of carbonyl (C=O) groups is 2. The second-order valence-corrected chi connectivity index (χ2v) is 8.73. The fourth-order valence-electron chi connectivity index (χ4n) is 3.86. The van der Waals surface area contributed by atoms with Gasteiger partial charge in [-0.15, -0.1) is 0 Å². The van der Waals surface area contributed by atoms with E-state index < -0.39 is 11.4 Å². The number of esters is 1.